The van der Waals surface area contributed by atoms with Gasteiger partial charge in [0.15, 0.2) is 0 Å². The zero-order chi connectivity index (χ0) is 6.69. The van der Waals surface area contributed by atoms with Crippen LogP contribution in [-0.2, 0) is 6.42 Å². The Morgan fingerprint density at radius 3 is 2.89 bits per heavy atom. The van der Waals surface area contributed by atoms with Crippen LogP contribution in [0.2, 0.25) is 0 Å². The first kappa shape index (κ1) is 6.35. The summed E-state index contributed by atoms with van der Waals surface area (Å²) in [5.74, 6) is 0.551. The van der Waals surface area contributed by atoms with Gasteiger partial charge in [-0.15, -0.1) is 16.8 Å². The normalized spacial score (nSPS) is 9.44. The summed E-state index contributed by atoms with van der Waals surface area (Å²) in [6.07, 6.45) is 2.30. The van der Waals surface area contributed by atoms with Gasteiger partial charge in [-0.2, -0.15) is 0 Å². The average molecular weight is 142 g/mol. The molecule has 9 heavy (non-hydrogen) atoms. The predicted octanol–water partition coefficient (Wildman–Crippen LogP) is 1.09. The van der Waals surface area contributed by atoms with E-state index >= 15 is 0 Å². The van der Waals surface area contributed by atoms with Gasteiger partial charge in [-0.25, -0.2) is 0 Å². The second-order valence-corrected chi connectivity index (χ2v) is 1.85. The molecule has 1 heterocycles. The van der Waals surface area contributed by atoms with Crippen LogP contribution in [0.25, 0.3) is 0 Å². The molecule has 0 spiro atoms. The van der Waals surface area contributed by atoms with Crippen molar-refractivity contribution in [3.05, 3.63) is 18.5 Å². The van der Waals surface area contributed by atoms with Gasteiger partial charge in [-0.1, -0.05) is 18.7 Å². The summed E-state index contributed by atoms with van der Waals surface area (Å²) in [6.45, 7) is 3.51. The largest absolute Gasteiger partial charge is 0.416 e. The van der Waals surface area contributed by atoms with Gasteiger partial charge >= 0.3 is 0 Å². The Morgan fingerprint density at radius 1 is 1.67 bits per heavy atom. The minimum absolute atomic E-state index is 0.298. The fraction of sp³-hybridized carbons (Fsp3) is 0.200. The van der Waals surface area contributed by atoms with E-state index in [0.29, 0.717) is 17.5 Å². The smallest absolute Gasteiger partial charge is 0.273 e. The fourth-order valence-corrected chi connectivity index (χ4v) is 0.601. The Labute approximate surface area is 58.2 Å². The van der Waals surface area contributed by atoms with Gasteiger partial charge in [-0.3, -0.25) is 0 Å². The molecule has 0 saturated carbocycles. The molecule has 48 valence electrons. The van der Waals surface area contributed by atoms with Crippen LogP contribution in [0.4, 0.5) is 0 Å². The lowest BCUT2D eigenvalue weighted by Crippen LogP contribution is -1.77. The van der Waals surface area contributed by atoms with Gasteiger partial charge in [0.2, 0.25) is 5.89 Å². The van der Waals surface area contributed by atoms with E-state index < -0.39 is 0 Å². The zero-order valence-corrected chi connectivity index (χ0v) is 5.64. The van der Waals surface area contributed by atoms with Crippen LogP contribution in [0.5, 0.6) is 0 Å². The van der Waals surface area contributed by atoms with Gasteiger partial charge in [0, 0.05) is 6.42 Å². The molecule has 0 N–H and O–H groups in total. The lowest BCUT2D eigenvalue weighted by Gasteiger charge is -1.79. The average Bonchev–Trinajstić information content (AvgIpc) is 2.17. The summed E-state index contributed by atoms with van der Waals surface area (Å²) in [5.41, 5.74) is 0. The van der Waals surface area contributed by atoms with Crippen LogP contribution in [0, 0.1) is 0 Å². The minimum Gasteiger partial charge on any atom is -0.416 e. The van der Waals surface area contributed by atoms with E-state index in [-0.39, 0.29) is 0 Å². The quantitative estimate of drug-likeness (QED) is 0.496. The molecular weight excluding hydrogens is 136 g/mol. The van der Waals surface area contributed by atoms with Crippen molar-refractivity contribution in [2.24, 2.45) is 0 Å². The summed E-state index contributed by atoms with van der Waals surface area (Å²) in [4.78, 5) is 0. The highest BCUT2D eigenvalue weighted by Gasteiger charge is 1.97. The van der Waals surface area contributed by atoms with Crippen LogP contribution < -0.4 is 0 Å². The van der Waals surface area contributed by atoms with Crippen LogP contribution in [0.3, 0.4) is 0 Å². The van der Waals surface area contributed by atoms with Gasteiger partial charge in [0.25, 0.3) is 5.22 Å². The van der Waals surface area contributed by atoms with Crippen molar-refractivity contribution in [3.63, 3.8) is 0 Å². The Hall–Kier alpha value is -0.770. The summed E-state index contributed by atoms with van der Waals surface area (Å²) in [6, 6.07) is 0. The van der Waals surface area contributed by atoms with E-state index in [9.17, 15) is 0 Å². The summed E-state index contributed by atoms with van der Waals surface area (Å²) in [5, 5.41) is 7.47. The van der Waals surface area contributed by atoms with Crippen molar-refractivity contribution in [1.82, 2.24) is 10.2 Å². The number of nitrogens with zero attached hydrogens (tertiary/aromatic N) is 2. The number of rotatable bonds is 2. The Morgan fingerprint density at radius 2 is 2.44 bits per heavy atom. The highest BCUT2D eigenvalue weighted by Crippen LogP contribution is 2.03. The Balaban J connectivity index is 2.72. The molecule has 0 radical (unpaired) electrons. The van der Waals surface area contributed by atoms with E-state index in [2.05, 4.69) is 29.4 Å². The van der Waals surface area contributed by atoms with Gasteiger partial charge in [0.1, 0.15) is 0 Å². The van der Waals surface area contributed by atoms with E-state index in [0.717, 1.165) is 0 Å². The third-order valence-corrected chi connectivity index (χ3v) is 0.956. The third-order valence-electron chi connectivity index (χ3n) is 0.775. The number of allylic oxidation sites excluding steroid dienone is 1. The molecule has 0 fully saturated rings. The van der Waals surface area contributed by atoms with Crippen LogP contribution in [-0.4, -0.2) is 10.2 Å². The predicted molar refractivity (Wildman–Crippen MR) is 35.5 cm³/mol. The van der Waals surface area contributed by atoms with Crippen molar-refractivity contribution in [3.8, 4) is 0 Å². The van der Waals surface area contributed by atoms with Gasteiger partial charge in [-0.05, 0) is 0 Å². The number of hydrogen-bond donors (Lipinski definition) is 1. The van der Waals surface area contributed by atoms with E-state index in [4.69, 9.17) is 4.42 Å². The van der Waals surface area contributed by atoms with Crippen molar-refractivity contribution in [2.75, 3.05) is 0 Å². The molecule has 0 aliphatic heterocycles. The minimum atomic E-state index is 0.298. The van der Waals surface area contributed by atoms with E-state index in [1.807, 2.05) is 0 Å². The highest BCUT2D eigenvalue weighted by molar-refractivity contribution is 7.80. The standard InChI is InChI=1S/C5H6N2OS/c1-2-3-4-6-7-5(9)8-4/h2H,1,3H2,(H,7,9). The molecule has 1 rings (SSSR count). The number of aromatic nitrogens is 2. The molecular formula is C5H6N2OS. The van der Waals surface area contributed by atoms with Crippen molar-refractivity contribution in [2.45, 2.75) is 11.6 Å². The molecule has 0 atom stereocenters. The number of hydrogen-bond acceptors (Lipinski definition) is 4. The van der Waals surface area contributed by atoms with Crippen LogP contribution in [0.1, 0.15) is 5.89 Å². The molecule has 4 heteroatoms. The molecule has 1 aromatic heterocycles. The lowest BCUT2D eigenvalue weighted by atomic mass is 10.4. The maximum Gasteiger partial charge on any atom is 0.273 e. The molecule has 0 aliphatic rings. The summed E-state index contributed by atoms with van der Waals surface area (Å²) in [7, 11) is 0. The second kappa shape index (κ2) is 2.68. The Bertz CT molecular complexity index is 208. The summed E-state index contributed by atoms with van der Waals surface area (Å²) >= 11 is 3.82. The maximum absolute atomic E-state index is 4.89. The SMILES string of the molecule is C=CCc1nnc(S)o1. The molecule has 0 aromatic carbocycles. The first-order chi connectivity index (χ1) is 4.33. The topological polar surface area (TPSA) is 38.9 Å². The van der Waals surface area contributed by atoms with Gasteiger partial charge in [0.05, 0.1) is 0 Å². The first-order valence-corrected chi connectivity index (χ1v) is 2.90. The van der Waals surface area contributed by atoms with Crippen LogP contribution in [0.15, 0.2) is 22.3 Å². The molecule has 3 nitrogen and oxygen atoms in total. The van der Waals surface area contributed by atoms with Crippen molar-refractivity contribution < 1.29 is 4.42 Å². The number of thiol groups is 1. The molecule has 0 saturated heterocycles. The van der Waals surface area contributed by atoms with Crippen LogP contribution >= 0.6 is 12.6 Å². The Kier molecular flexibility index (Phi) is 1.89. The van der Waals surface area contributed by atoms with Crippen molar-refractivity contribution in [1.29, 1.82) is 0 Å². The molecule has 0 amide bonds. The molecule has 1 aromatic rings. The monoisotopic (exact) mass is 142 g/mol. The maximum atomic E-state index is 4.89. The lowest BCUT2D eigenvalue weighted by molar-refractivity contribution is 0.423. The van der Waals surface area contributed by atoms with Crippen molar-refractivity contribution >= 4 is 12.6 Å². The first-order valence-electron chi connectivity index (χ1n) is 2.45. The molecule has 0 unspecified atom stereocenters. The van der Waals surface area contributed by atoms with E-state index in [1.54, 1.807) is 6.08 Å². The van der Waals surface area contributed by atoms with E-state index in [1.165, 1.54) is 0 Å². The molecule has 0 aliphatic carbocycles. The highest BCUT2D eigenvalue weighted by atomic mass is 32.1. The summed E-state index contributed by atoms with van der Waals surface area (Å²) < 4.78 is 4.89. The second-order valence-electron chi connectivity index (χ2n) is 1.47. The molecule has 0 bridgehead atoms. The zero-order valence-electron chi connectivity index (χ0n) is 4.74. The fourth-order valence-electron chi connectivity index (χ4n) is 0.451. The third kappa shape index (κ3) is 1.57. The van der Waals surface area contributed by atoms with Gasteiger partial charge < -0.3 is 4.42 Å².